The number of H-pyrrole nitrogens is 1. The smallest absolute Gasteiger partial charge is 0.248 e. The van der Waals surface area contributed by atoms with E-state index in [9.17, 15) is 22.4 Å². The van der Waals surface area contributed by atoms with Gasteiger partial charge in [0, 0.05) is 49.3 Å². The van der Waals surface area contributed by atoms with Gasteiger partial charge in [0.2, 0.25) is 21.8 Å². The van der Waals surface area contributed by atoms with Crippen LogP contribution in [-0.4, -0.2) is 98.2 Å². The Morgan fingerprint density at radius 2 is 2.00 bits per heavy atom. The van der Waals surface area contributed by atoms with E-state index in [0.717, 1.165) is 10.9 Å². The summed E-state index contributed by atoms with van der Waals surface area (Å²) in [6, 6.07) is 2.14. The molecule has 3 N–H and O–H groups in total. The second-order valence-electron chi connectivity index (χ2n) is 9.69. The third-order valence-corrected chi connectivity index (χ3v) is 8.87. The van der Waals surface area contributed by atoms with Crippen molar-refractivity contribution in [3.05, 3.63) is 35.8 Å². The largest absolute Gasteiger partial charge is 0.379 e. The van der Waals surface area contributed by atoms with Gasteiger partial charge < -0.3 is 25.3 Å². The highest BCUT2D eigenvalue weighted by Crippen LogP contribution is 2.44. The lowest BCUT2D eigenvalue weighted by Crippen LogP contribution is -2.58. The zero-order chi connectivity index (χ0) is 26.4. The summed E-state index contributed by atoms with van der Waals surface area (Å²) in [6.07, 6.45) is 2.82. The molecule has 0 bridgehead atoms. The highest BCUT2D eigenvalue weighted by molar-refractivity contribution is 7.88. The number of nitrogens with zero attached hydrogens (tertiary/aromatic N) is 2. The van der Waals surface area contributed by atoms with Crippen LogP contribution in [-0.2, 0) is 24.3 Å². The third-order valence-electron chi connectivity index (χ3n) is 7.59. The molecule has 4 rings (SSSR count). The molecule has 2 aromatic rings. The number of sulfonamides is 1. The Morgan fingerprint density at radius 1 is 1.28 bits per heavy atom. The van der Waals surface area contributed by atoms with Gasteiger partial charge in [-0.15, -0.1) is 0 Å². The van der Waals surface area contributed by atoms with Gasteiger partial charge in [0.25, 0.3) is 0 Å². The lowest BCUT2D eigenvalue weighted by molar-refractivity contribution is -0.141. The van der Waals surface area contributed by atoms with E-state index in [1.807, 2.05) is 0 Å². The number of halogens is 1. The van der Waals surface area contributed by atoms with E-state index in [1.54, 1.807) is 38.1 Å². The predicted molar refractivity (Wildman–Crippen MR) is 133 cm³/mol. The monoisotopic (exact) mass is 523 g/mol. The number of aromatic nitrogens is 1. The van der Waals surface area contributed by atoms with Crippen LogP contribution in [0.5, 0.6) is 0 Å². The Morgan fingerprint density at radius 3 is 2.64 bits per heavy atom. The molecule has 36 heavy (non-hydrogen) atoms. The lowest BCUT2D eigenvalue weighted by Gasteiger charge is -2.34. The van der Waals surface area contributed by atoms with Gasteiger partial charge in [0.05, 0.1) is 24.4 Å². The SMILES string of the molecule is CN[C@@H](C)C(=O)N[C@H](C(=O)N1CC[C@@H]2[C@H]1[C@H](c1c[nH]c3cc(F)ccc13)CN2S(C)(=O)=O)[C@@H](C)OC. The molecule has 3 heterocycles. The number of ether oxygens (including phenoxy) is 1. The Bertz CT molecular complexity index is 1250. The zero-order valence-corrected chi connectivity index (χ0v) is 21.9. The van der Waals surface area contributed by atoms with Gasteiger partial charge in [-0.1, -0.05) is 0 Å². The summed E-state index contributed by atoms with van der Waals surface area (Å²) >= 11 is 0. The molecule has 10 nitrogen and oxygen atoms in total. The van der Waals surface area contributed by atoms with Gasteiger partial charge in [-0.3, -0.25) is 9.59 Å². The fourth-order valence-electron chi connectivity index (χ4n) is 5.49. The van der Waals surface area contributed by atoms with E-state index in [-0.39, 0.29) is 30.1 Å². The Kier molecular flexibility index (Phi) is 7.42. The number of benzene rings is 1. The fraction of sp³-hybridized carbons (Fsp3) is 0.583. The van der Waals surface area contributed by atoms with Crippen LogP contribution in [0.15, 0.2) is 24.4 Å². The number of aromatic amines is 1. The molecule has 2 saturated heterocycles. The number of likely N-dealkylation sites (tertiary alicyclic amines) is 1. The number of amides is 2. The molecule has 2 amide bonds. The molecule has 1 aromatic carbocycles. The number of carbonyl (C=O) groups excluding carboxylic acids is 2. The second-order valence-corrected chi connectivity index (χ2v) is 11.6. The molecule has 12 heteroatoms. The van der Waals surface area contributed by atoms with Gasteiger partial charge in [-0.05, 0) is 51.1 Å². The molecule has 0 aliphatic carbocycles. The molecular formula is C24H34FN5O5S. The van der Waals surface area contributed by atoms with E-state index >= 15 is 0 Å². The van der Waals surface area contributed by atoms with Crippen LogP contribution >= 0.6 is 0 Å². The minimum Gasteiger partial charge on any atom is -0.379 e. The zero-order valence-electron chi connectivity index (χ0n) is 21.1. The van der Waals surface area contributed by atoms with Crippen molar-refractivity contribution in [2.24, 2.45) is 0 Å². The van der Waals surface area contributed by atoms with Crippen LogP contribution in [0.4, 0.5) is 4.39 Å². The van der Waals surface area contributed by atoms with Gasteiger partial charge in [0.15, 0.2) is 0 Å². The standard InChI is InChI=1S/C24H34FN5O5S/c1-13(26-3)23(31)28-21(14(2)35-4)24(32)29-9-8-20-22(29)18(12-30(20)36(5,33)34)17-11-27-19-10-15(25)6-7-16(17)19/h6-7,10-11,13-14,18,20-22,26-27H,8-9,12H2,1-5H3,(H,28,31)/t13-,14+,18-,20+,21-,22+/m0/s1. The highest BCUT2D eigenvalue weighted by Gasteiger charge is 2.54. The highest BCUT2D eigenvalue weighted by atomic mass is 32.2. The number of fused-ring (bicyclic) bond motifs is 2. The first-order chi connectivity index (χ1) is 17.0. The molecule has 2 aliphatic heterocycles. The van der Waals surface area contributed by atoms with Crippen molar-refractivity contribution < 1.29 is 27.1 Å². The molecule has 198 valence electrons. The van der Waals surface area contributed by atoms with E-state index in [0.29, 0.717) is 18.5 Å². The summed E-state index contributed by atoms with van der Waals surface area (Å²) in [7, 11) is -0.415. The molecule has 1 aromatic heterocycles. The van der Waals surface area contributed by atoms with Crippen molar-refractivity contribution in [3.8, 4) is 0 Å². The summed E-state index contributed by atoms with van der Waals surface area (Å²) in [6.45, 7) is 3.95. The first-order valence-electron chi connectivity index (χ1n) is 12.0. The van der Waals surface area contributed by atoms with Crippen molar-refractivity contribution >= 4 is 32.7 Å². The maximum atomic E-state index is 13.9. The molecule has 2 aliphatic rings. The van der Waals surface area contributed by atoms with Crippen LogP contribution in [0.3, 0.4) is 0 Å². The number of rotatable bonds is 8. The molecule has 2 fully saturated rings. The van der Waals surface area contributed by atoms with E-state index in [4.69, 9.17) is 4.74 Å². The minimum absolute atomic E-state index is 0.204. The van der Waals surface area contributed by atoms with Crippen LogP contribution in [0.25, 0.3) is 10.9 Å². The summed E-state index contributed by atoms with van der Waals surface area (Å²) in [5.74, 6) is -1.37. The van der Waals surface area contributed by atoms with Gasteiger partial charge >= 0.3 is 0 Å². The average Bonchev–Trinajstić information content (AvgIpc) is 3.54. The van der Waals surface area contributed by atoms with Crippen LogP contribution in [0.1, 0.15) is 31.7 Å². The third kappa shape index (κ3) is 4.74. The Balaban J connectivity index is 1.72. The summed E-state index contributed by atoms with van der Waals surface area (Å²) in [5, 5.41) is 6.45. The Labute approximate surface area is 210 Å². The number of hydrogen-bond acceptors (Lipinski definition) is 6. The van der Waals surface area contributed by atoms with E-state index in [1.165, 1.54) is 29.8 Å². The number of likely N-dealkylation sites (N-methyl/N-ethyl adjacent to an activating group) is 1. The number of hydrogen-bond donors (Lipinski definition) is 3. The molecular weight excluding hydrogens is 489 g/mol. The maximum Gasteiger partial charge on any atom is 0.248 e. The summed E-state index contributed by atoms with van der Waals surface area (Å²) < 4.78 is 46.1. The first kappa shape index (κ1) is 26.5. The molecule has 6 atom stereocenters. The molecule has 0 unspecified atom stereocenters. The predicted octanol–water partition coefficient (Wildman–Crippen LogP) is 0.763. The first-order valence-corrected chi connectivity index (χ1v) is 13.9. The van der Waals surface area contributed by atoms with Crippen molar-refractivity contribution in [2.45, 2.75) is 56.5 Å². The molecule has 0 radical (unpaired) electrons. The van der Waals surface area contributed by atoms with E-state index in [2.05, 4.69) is 15.6 Å². The quantitative estimate of drug-likeness (QED) is 0.470. The van der Waals surface area contributed by atoms with Crippen molar-refractivity contribution in [3.63, 3.8) is 0 Å². The van der Waals surface area contributed by atoms with Crippen LogP contribution in [0.2, 0.25) is 0 Å². The van der Waals surface area contributed by atoms with Gasteiger partial charge in [-0.2, -0.15) is 4.31 Å². The van der Waals surface area contributed by atoms with Crippen molar-refractivity contribution in [2.75, 3.05) is 33.5 Å². The average molecular weight is 524 g/mol. The number of methoxy groups -OCH3 is 1. The fourth-order valence-corrected chi connectivity index (χ4v) is 6.64. The lowest BCUT2D eigenvalue weighted by atomic mass is 9.91. The summed E-state index contributed by atoms with van der Waals surface area (Å²) in [5.41, 5.74) is 1.43. The molecule has 0 spiro atoms. The van der Waals surface area contributed by atoms with Gasteiger partial charge in [-0.25, -0.2) is 12.8 Å². The minimum atomic E-state index is -3.54. The molecule has 0 saturated carbocycles. The van der Waals surface area contributed by atoms with Crippen molar-refractivity contribution in [1.29, 1.82) is 0 Å². The van der Waals surface area contributed by atoms with E-state index < -0.39 is 40.3 Å². The van der Waals surface area contributed by atoms with Crippen molar-refractivity contribution in [1.82, 2.24) is 24.8 Å². The summed E-state index contributed by atoms with van der Waals surface area (Å²) in [4.78, 5) is 31.3. The number of carbonyl (C=O) groups is 2. The topological polar surface area (TPSA) is 124 Å². The Hall–Kier alpha value is -2.54. The van der Waals surface area contributed by atoms with Crippen LogP contribution < -0.4 is 10.6 Å². The van der Waals surface area contributed by atoms with Crippen LogP contribution in [0, 0.1) is 5.82 Å². The maximum absolute atomic E-state index is 13.9. The number of nitrogens with one attached hydrogen (secondary N) is 3. The van der Waals surface area contributed by atoms with Gasteiger partial charge in [0.1, 0.15) is 11.9 Å². The second kappa shape index (κ2) is 10.1. The normalized spacial score (nSPS) is 25.1.